The summed E-state index contributed by atoms with van der Waals surface area (Å²) in [6.07, 6.45) is 6.56. The van der Waals surface area contributed by atoms with Crippen molar-refractivity contribution in [1.82, 2.24) is 4.90 Å². The molecule has 1 aliphatic heterocycles. The second-order valence-electron chi connectivity index (χ2n) is 10.0. The highest BCUT2D eigenvalue weighted by atomic mass is 16.2. The van der Waals surface area contributed by atoms with E-state index in [1.807, 2.05) is 24.3 Å². The second kappa shape index (κ2) is 9.65. The van der Waals surface area contributed by atoms with Crippen LogP contribution in [0.15, 0.2) is 92.5 Å². The van der Waals surface area contributed by atoms with E-state index in [0.717, 1.165) is 26.8 Å². The van der Waals surface area contributed by atoms with Crippen molar-refractivity contribution in [1.29, 1.82) is 0 Å². The van der Waals surface area contributed by atoms with Gasteiger partial charge in [-0.3, -0.25) is 19.2 Å². The molecule has 1 aliphatic carbocycles. The summed E-state index contributed by atoms with van der Waals surface area (Å²) < 4.78 is 0. The van der Waals surface area contributed by atoms with Crippen LogP contribution in [0.4, 0.5) is 0 Å². The van der Waals surface area contributed by atoms with Crippen molar-refractivity contribution < 1.29 is 19.2 Å². The van der Waals surface area contributed by atoms with Crippen molar-refractivity contribution in [2.75, 3.05) is 0 Å². The third kappa shape index (κ3) is 3.78. The lowest BCUT2D eigenvalue weighted by molar-refractivity contribution is 0.0733. The van der Waals surface area contributed by atoms with Crippen LogP contribution in [0.25, 0.3) is 34.7 Å². The summed E-state index contributed by atoms with van der Waals surface area (Å²) in [5.41, 5.74) is 4.79. The molecule has 0 radical (unpaired) electrons. The van der Waals surface area contributed by atoms with Crippen molar-refractivity contribution >= 4 is 58.1 Å². The minimum atomic E-state index is -1.05. The number of Topliss-reactive ketones (excluding diaryl/α,β-unsaturated/α-hetero) is 2. The Balaban J connectivity index is 1.44. The molecule has 2 aliphatic rings. The summed E-state index contributed by atoms with van der Waals surface area (Å²) in [7, 11) is 0. The quantitative estimate of drug-likeness (QED) is 0.188. The molecule has 5 heteroatoms. The van der Waals surface area contributed by atoms with Crippen LogP contribution in [0.1, 0.15) is 82.1 Å². The monoisotopic (exact) mass is 535 g/mol. The van der Waals surface area contributed by atoms with Gasteiger partial charge in [0.2, 0.25) is 0 Å². The molecule has 0 unspecified atom stereocenters. The fourth-order valence-corrected chi connectivity index (χ4v) is 5.83. The highest BCUT2D eigenvalue weighted by molar-refractivity contribution is 6.30. The normalized spacial score (nSPS) is 15.0. The smallest absolute Gasteiger partial charge is 0.266 e. The van der Waals surface area contributed by atoms with Crippen LogP contribution in [-0.4, -0.2) is 28.3 Å². The summed E-state index contributed by atoms with van der Waals surface area (Å²) in [6, 6.07) is 19.6. The zero-order valence-corrected chi connectivity index (χ0v) is 22.4. The third-order valence-corrected chi connectivity index (χ3v) is 7.89. The maximum Gasteiger partial charge on any atom is 0.266 e. The minimum Gasteiger partial charge on any atom is -0.293 e. The van der Waals surface area contributed by atoms with Crippen molar-refractivity contribution in [3.8, 4) is 0 Å². The molecular formula is C36H25NO4. The van der Waals surface area contributed by atoms with Gasteiger partial charge in [-0.2, -0.15) is 0 Å². The number of hydrogen-bond donors (Lipinski definition) is 0. The molecule has 2 amide bonds. The number of fused-ring (bicyclic) bond motifs is 3. The number of nitrogens with zero attached hydrogens (tertiary/aromatic N) is 1. The number of carbonyl (C=O) groups excluding carboxylic acids is 4. The van der Waals surface area contributed by atoms with E-state index in [1.165, 1.54) is 0 Å². The molecule has 0 atom stereocenters. The van der Waals surface area contributed by atoms with E-state index in [0.29, 0.717) is 44.6 Å². The molecule has 0 bridgehead atoms. The predicted octanol–water partition coefficient (Wildman–Crippen LogP) is 7.59. The Hall–Kier alpha value is -5.42. The maximum atomic E-state index is 13.7. The Bertz CT molecular complexity index is 1840. The first kappa shape index (κ1) is 25.8. The number of ketones is 2. The molecule has 0 saturated carbocycles. The zero-order valence-electron chi connectivity index (χ0n) is 22.4. The number of rotatable bonds is 6. The average Bonchev–Trinajstić information content (AvgIpc) is 3.39. The number of hydrogen-bond acceptors (Lipinski definition) is 4. The summed E-state index contributed by atoms with van der Waals surface area (Å²) in [6.45, 7) is 13.3. The molecule has 0 N–H and O–H groups in total. The van der Waals surface area contributed by atoms with Gasteiger partial charge in [-0.15, -0.1) is 0 Å². The Morgan fingerprint density at radius 2 is 1.17 bits per heavy atom. The van der Waals surface area contributed by atoms with Crippen LogP contribution in [0, 0.1) is 0 Å². The van der Waals surface area contributed by atoms with Crippen molar-refractivity contribution in [2.24, 2.45) is 0 Å². The Morgan fingerprint density at radius 3 is 1.63 bits per heavy atom. The molecule has 41 heavy (non-hydrogen) atoms. The number of amides is 2. The van der Waals surface area contributed by atoms with Crippen LogP contribution in [0.2, 0.25) is 0 Å². The summed E-state index contributed by atoms with van der Waals surface area (Å²) in [5.74, 6) is -2.53. The summed E-state index contributed by atoms with van der Waals surface area (Å²) >= 11 is 0. The lowest BCUT2D eigenvalue weighted by Crippen LogP contribution is -2.28. The van der Waals surface area contributed by atoms with Gasteiger partial charge in [-0.25, -0.2) is 4.90 Å². The van der Waals surface area contributed by atoms with E-state index in [4.69, 9.17) is 0 Å². The van der Waals surface area contributed by atoms with E-state index in [1.54, 1.807) is 73.7 Å². The van der Waals surface area contributed by atoms with Gasteiger partial charge in [0.1, 0.15) is 5.92 Å². The van der Waals surface area contributed by atoms with Gasteiger partial charge >= 0.3 is 0 Å². The highest BCUT2D eigenvalue weighted by Gasteiger charge is 2.42. The zero-order chi connectivity index (χ0) is 29.0. The molecular weight excluding hydrogens is 510 g/mol. The van der Waals surface area contributed by atoms with Crippen molar-refractivity contribution in [3.05, 3.63) is 143 Å². The van der Waals surface area contributed by atoms with Gasteiger partial charge in [0.15, 0.2) is 11.6 Å². The van der Waals surface area contributed by atoms with E-state index < -0.39 is 17.7 Å². The van der Waals surface area contributed by atoms with Gasteiger partial charge < -0.3 is 0 Å². The van der Waals surface area contributed by atoms with Gasteiger partial charge in [0.05, 0.1) is 16.8 Å². The minimum absolute atomic E-state index is 0.310. The number of benzene rings is 4. The van der Waals surface area contributed by atoms with Crippen LogP contribution >= 0.6 is 0 Å². The SMILES string of the molecule is C=Cc1cc2c(cc1C=C)C(=O)C(c1ccc(C=C)c(/C(=C\C)N3C(=O)c4cc5ccccc5cc4C3=O)c1)C2=O. The van der Waals surface area contributed by atoms with E-state index in [2.05, 4.69) is 19.7 Å². The van der Waals surface area contributed by atoms with Crippen molar-refractivity contribution in [3.63, 3.8) is 0 Å². The third-order valence-electron chi connectivity index (χ3n) is 7.89. The van der Waals surface area contributed by atoms with Crippen LogP contribution in [0.5, 0.6) is 0 Å². The fourth-order valence-electron chi connectivity index (χ4n) is 5.83. The van der Waals surface area contributed by atoms with E-state index in [9.17, 15) is 19.2 Å². The molecule has 0 fully saturated rings. The molecule has 4 aromatic carbocycles. The highest BCUT2D eigenvalue weighted by Crippen LogP contribution is 2.39. The molecule has 0 saturated heterocycles. The molecule has 0 aromatic heterocycles. The van der Waals surface area contributed by atoms with Gasteiger partial charge in [0.25, 0.3) is 11.8 Å². The van der Waals surface area contributed by atoms with Crippen LogP contribution < -0.4 is 0 Å². The summed E-state index contributed by atoms with van der Waals surface area (Å²) in [5, 5.41) is 1.73. The largest absolute Gasteiger partial charge is 0.293 e. The second-order valence-corrected chi connectivity index (χ2v) is 10.0. The maximum absolute atomic E-state index is 13.7. The van der Waals surface area contributed by atoms with Crippen molar-refractivity contribution in [2.45, 2.75) is 12.8 Å². The Labute approximate surface area is 237 Å². The standard InChI is InChI=1S/C36H25NO4/c1-5-20-13-14-25(32-33(38)27-15-21(6-2)22(7-3)16-28(27)34(32)39)19-26(20)31(8-4)37-35(40)29-17-23-11-9-10-12-24(23)18-30(29)36(37)41/h5-19,32H,1-3H2,4H3/b31-8+. The Kier molecular flexibility index (Phi) is 6.08. The fraction of sp³-hybridized carbons (Fsp3) is 0.0556. The molecule has 1 heterocycles. The first-order valence-corrected chi connectivity index (χ1v) is 13.2. The molecule has 0 spiro atoms. The van der Waals surface area contributed by atoms with E-state index >= 15 is 0 Å². The molecule has 6 rings (SSSR count). The van der Waals surface area contributed by atoms with Crippen LogP contribution in [0.3, 0.4) is 0 Å². The topological polar surface area (TPSA) is 71.5 Å². The van der Waals surface area contributed by atoms with Gasteiger partial charge in [-0.05, 0) is 70.3 Å². The lowest BCUT2D eigenvalue weighted by Gasteiger charge is -2.21. The first-order valence-electron chi connectivity index (χ1n) is 13.2. The predicted molar refractivity (Wildman–Crippen MR) is 163 cm³/mol. The van der Waals surface area contributed by atoms with E-state index in [-0.39, 0.29) is 11.6 Å². The molecule has 5 nitrogen and oxygen atoms in total. The first-order chi connectivity index (χ1) is 19.8. The Morgan fingerprint density at radius 1 is 0.659 bits per heavy atom. The number of carbonyl (C=O) groups is 4. The number of allylic oxidation sites excluding steroid dienone is 1. The lowest BCUT2D eigenvalue weighted by atomic mass is 9.90. The molecule has 4 aromatic rings. The average molecular weight is 536 g/mol. The van der Waals surface area contributed by atoms with Gasteiger partial charge in [0, 0.05) is 16.7 Å². The molecule has 198 valence electrons. The summed E-state index contributed by atoms with van der Waals surface area (Å²) in [4.78, 5) is 55.6. The van der Waals surface area contributed by atoms with Crippen LogP contribution in [-0.2, 0) is 0 Å². The van der Waals surface area contributed by atoms with Gasteiger partial charge in [-0.1, -0.05) is 80.4 Å². The number of imide groups is 1.